The number of hydrogen-bond acceptors (Lipinski definition) is 7. The molecule has 0 atom stereocenters. The molecular formula is C28H24N4O4S. The second-order valence-electron chi connectivity index (χ2n) is 8.24. The molecule has 5 rings (SSSR count). The molecule has 37 heavy (non-hydrogen) atoms. The topological polar surface area (TPSA) is 96.6 Å². The Balaban J connectivity index is 1.25. The van der Waals surface area contributed by atoms with Gasteiger partial charge in [0.1, 0.15) is 35.5 Å². The van der Waals surface area contributed by atoms with Crippen LogP contribution in [0.15, 0.2) is 88.5 Å². The predicted molar refractivity (Wildman–Crippen MR) is 146 cm³/mol. The summed E-state index contributed by atoms with van der Waals surface area (Å²) in [5, 5.41) is 15.6. The Hall–Kier alpha value is -4.37. The first kappa shape index (κ1) is 24.3. The van der Waals surface area contributed by atoms with Crippen LogP contribution in [0.3, 0.4) is 0 Å². The van der Waals surface area contributed by atoms with Crippen LogP contribution in [0.2, 0.25) is 0 Å². The summed E-state index contributed by atoms with van der Waals surface area (Å²) in [6, 6.07) is 22.6. The summed E-state index contributed by atoms with van der Waals surface area (Å²) in [5.41, 5.74) is 2.94. The Morgan fingerprint density at radius 3 is 2.35 bits per heavy atom. The predicted octanol–water partition coefficient (Wildman–Crippen LogP) is 5.13. The van der Waals surface area contributed by atoms with Gasteiger partial charge in [0.2, 0.25) is 5.17 Å². The molecule has 0 radical (unpaired) electrons. The smallest absolute Gasteiger partial charge is 0.283 e. The van der Waals surface area contributed by atoms with Gasteiger partial charge in [-0.15, -0.1) is 0 Å². The third-order valence-electron chi connectivity index (χ3n) is 5.58. The molecule has 0 unspecified atom stereocenters. The van der Waals surface area contributed by atoms with E-state index in [2.05, 4.69) is 10.1 Å². The third-order valence-corrected chi connectivity index (χ3v) is 6.54. The maximum atomic E-state index is 12.8. The number of benzene rings is 3. The van der Waals surface area contributed by atoms with E-state index in [4.69, 9.17) is 19.6 Å². The van der Waals surface area contributed by atoms with E-state index >= 15 is 0 Å². The number of amides is 1. The highest BCUT2D eigenvalue weighted by atomic mass is 32.2. The summed E-state index contributed by atoms with van der Waals surface area (Å²) in [7, 11) is 1.61. The number of carbonyl (C=O) groups excluding carboxylic acids is 1. The van der Waals surface area contributed by atoms with Crippen LogP contribution in [0.5, 0.6) is 17.2 Å². The van der Waals surface area contributed by atoms with Gasteiger partial charge in [-0.25, -0.2) is 0 Å². The summed E-state index contributed by atoms with van der Waals surface area (Å²) in [6.07, 6.45) is 1.63. The highest BCUT2D eigenvalue weighted by Crippen LogP contribution is 2.31. The number of nitrogens with one attached hydrogen (secondary N) is 1. The van der Waals surface area contributed by atoms with E-state index in [0.717, 1.165) is 16.9 Å². The lowest BCUT2D eigenvalue weighted by Crippen LogP contribution is -2.35. The first-order chi connectivity index (χ1) is 18.0. The molecule has 2 aliphatic rings. The highest BCUT2D eigenvalue weighted by Gasteiger charge is 2.36. The highest BCUT2D eigenvalue weighted by molar-refractivity contribution is 8.27. The van der Waals surface area contributed by atoms with Crippen molar-refractivity contribution in [3.63, 3.8) is 0 Å². The molecule has 0 aromatic heterocycles. The number of amidine groups is 2. The van der Waals surface area contributed by atoms with Gasteiger partial charge >= 0.3 is 0 Å². The summed E-state index contributed by atoms with van der Waals surface area (Å²) >= 11 is 1.28. The standard InChI is InChI=1S/C28H24N4O4S/c1-18-9-11-20(12-10-18)27-31-32-25(29)24(26(33)30-28(32)37-27)16-19-5-3-7-22(15-19)35-13-14-36-23-8-4-6-21(17-23)34-2/h3-12,15-17,29H,13-14H2,1-2H3/b24-16-,29-25?. The Morgan fingerprint density at radius 1 is 0.946 bits per heavy atom. The SMILES string of the molecule is COc1cccc(OCCOc2cccc(/C=C3/C(=N)N4N=C(c5ccc(C)cc5)SC4=NC3=O)c2)c1. The number of aliphatic imine (C=N–C) groups is 1. The first-order valence-electron chi connectivity index (χ1n) is 11.6. The number of hydrogen-bond donors (Lipinski definition) is 1. The number of carbonyl (C=O) groups is 1. The van der Waals surface area contributed by atoms with Gasteiger partial charge in [-0.2, -0.15) is 15.1 Å². The van der Waals surface area contributed by atoms with Crippen molar-refractivity contribution in [2.24, 2.45) is 10.1 Å². The summed E-state index contributed by atoms with van der Waals surface area (Å²) in [6.45, 7) is 2.70. The Kier molecular flexibility index (Phi) is 7.04. The molecule has 3 aromatic rings. The number of hydrazone groups is 1. The average Bonchev–Trinajstić information content (AvgIpc) is 3.34. The van der Waals surface area contributed by atoms with Gasteiger partial charge in [0.25, 0.3) is 5.91 Å². The molecule has 1 N–H and O–H groups in total. The molecule has 0 saturated carbocycles. The van der Waals surface area contributed by atoms with E-state index in [9.17, 15) is 4.79 Å². The maximum Gasteiger partial charge on any atom is 0.283 e. The minimum atomic E-state index is -0.470. The normalized spacial score (nSPS) is 15.8. The van der Waals surface area contributed by atoms with Crippen molar-refractivity contribution in [2.45, 2.75) is 6.92 Å². The minimum absolute atomic E-state index is 0.0115. The van der Waals surface area contributed by atoms with Crippen LogP contribution < -0.4 is 14.2 Å². The second-order valence-corrected chi connectivity index (χ2v) is 9.20. The van der Waals surface area contributed by atoms with Gasteiger partial charge in [0.05, 0.1) is 12.7 Å². The zero-order valence-electron chi connectivity index (χ0n) is 20.3. The Labute approximate surface area is 218 Å². The molecule has 186 valence electrons. The number of fused-ring (bicyclic) bond motifs is 1. The number of methoxy groups -OCH3 is 1. The fourth-order valence-corrected chi connectivity index (χ4v) is 4.57. The van der Waals surface area contributed by atoms with Gasteiger partial charge in [-0.1, -0.05) is 48.0 Å². The lowest BCUT2D eigenvalue weighted by molar-refractivity contribution is -0.114. The van der Waals surface area contributed by atoms with E-state index in [0.29, 0.717) is 40.5 Å². The minimum Gasteiger partial charge on any atom is -0.497 e. The molecular weight excluding hydrogens is 488 g/mol. The summed E-state index contributed by atoms with van der Waals surface area (Å²) < 4.78 is 16.7. The van der Waals surface area contributed by atoms with E-state index in [1.54, 1.807) is 19.3 Å². The summed E-state index contributed by atoms with van der Waals surface area (Å²) in [4.78, 5) is 16.9. The van der Waals surface area contributed by atoms with E-state index in [1.165, 1.54) is 16.8 Å². The van der Waals surface area contributed by atoms with Crippen LogP contribution in [0.1, 0.15) is 16.7 Å². The fourth-order valence-electron chi connectivity index (χ4n) is 3.68. The van der Waals surface area contributed by atoms with E-state index in [1.807, 2.05) is 73.7 Å². The molecule has 2 heterocycles. The van der Waals surface area contributed by atoms with Crippen molar-refractivity contribution in [3.8, 4) is 17.2 Å². The molecule has 1 amide bonds. The molecule has 9 heteroatoms. The van der Waals surface area contributed by atoms with Crippen molar-refractivity contribution >= 4 is 39.8 Å². The van der Waals surface area contributed by atoms with Crippen LogP contribution >= 0.6 is 11.8 Å². The van der Waals surface area contributed by atoms with Crippen LogP contribution in [-0.4, -0.2) is 47.3 Å². The zero-order chi connectivity index (χ0) is 25.8. The molecule has 0 saturated heterocycles. The van der Waals surface area contributed by atoms with Gasteiger partial charge in [-0.05, 0) is 54.6 Å². The van der Waals surface area contributed by atoms with Crippen LogP contribution in [-0.2, 0) is 4.79 Å². The number of nitrogens with zero attached hydrogens (tertiary/aromatic N) is 3. The van der Waals surface area contributed by atoms with Crippen molar-refractivity contribution in [1.29, 1.82) is 5.41 Å². The molecule has 0 fully saturated rings. The van der Waals surface area contributed by atoms with Gasteiger partial charge in [0.15, 0.2) is 5.84 Å². The molecule has 0 bridgehead atoms. The molecule has 2 aliphatic heterocycles. The van der Waals surface area contributed by atoms with Gasteiger partial charge < -0.3 is 14.2 Å². The van der Waals surface area contributed by atoms with Crippen molar-refractivity contribution in [3.05, 3.63) is 95.1 Å². The fraction of sp³-hybridized carbons (Fsp3) is 0.143. The number of ether oxygens (including phenoxy) is 3. The van der Waals surface area contributed by atoms with Gasteiger partial charge in [-0.3, -0.25) is 10.2 Å². The number of rotatable bonds is 8. The number of thioether (sulfide) groups is 1. The Morgan fingerprint density at radius 2 is 1.62 bits per heavy atom. The first-order valence-corrected chi connectivity index (χ1v) is 12.4. The summed E-state index contributed by atoms with van der Waals surface area (Å²) in [5.74, 6) is 1.57. The van der Waals surface area contributed by atoms with Crippen LogP contribution in [0.25, 0.3) is 6.08 Å². The van der Waals surface area contributed by atoms with Crippen molar-refractivity contribution < 1.29 is 19.0 Å². The maximum absolute atomic E-state index is 12.8. The zero-order valence-corrected chi connectivity index (χ0v) is 21.1. The lowest BCUT2D eigenvalue weighted by Gasteiger charge is -2.20. The monoisotopic (exact) mass is 512 g/mol. The van der Waals surface area contributed by atoms with E-state index in [-0.39, 0.29) is 11.4 Å². The molecule has 8 nitrogen and oxygen atoms in total. The largest absolute Gasteiger partial charge is 0.497 e. The quantitative estimate of drug-likeness (QED) is 0.332. The number of aryl methyl sites for hydroxylation is 1. The molecule has 0 spiro atoms. The molecule has 0 aliphatic carbocycles. The van der Waals surface area contributed by atoms with Crippen molar-refractivity contribution in [2.75, 3.05) is 20.3 Å². The third kappa shape index (κ3) is 5.57. The van der Waals surface area contributed by atoms with Crippen molar-refractivity contribution in [1.82, 2.24) is 5.01 Å². The van der Waals surface area contributed by atoms with E-state index < -0.39 is 5.91 Å². The molecule has 3 aromatic carbocycles. The Bertz CT molecular complexity index is 1450. The second kappa shape index (κ2) is 10.7. The van der Waals surface area contributed by atoms with Gasteiger partial charge in [0, 0.05) is 11.6 Å². The average molecular weight is 513 g/mol. The lowest BCUT2D eigenvalue weighted by atomic mass is 10.1. The van der Waals surface area contributed by atoms with Crippen LogP contribution in [0, 0.1) is 12.3 Å². The van der Waals surface area contributed by atoms with Crippen LogP contribution in [0.4, 0.5) is 0 Å².